The predicted octanol–water partition coefficient (Wildman–Crippen LogP) is -2.56. The van der Waals surface area contributed by atoms with Crippen molar-refractivity contribution in [3.05, 3.63) is 0 Å². The standard InChI is InChI=1S/C3H6N6.CH4O4S/c4-1-7-2(5)9-3(6)8-1;2-1-6(3,4)5/h(H6,4,5,6,7,8,9);2H,1H2,(H,3,4,5). The van der Waals surface area contributed by atoms with Crippen LogP contribution in [0.25, 0.3) is 0 Å². The fraction of sp³-hybridized carbons (Fsp3) is 0.250. The summed E-state index contributed by atoms with van der Waals surface area (Å²) in [6.45, 7) is 0. The molecule has 0 spiro atoms. The number of aliphatic hydroxyl groups excluding tert-OH is 1. The highest BCUT2D eigenvalue weighted by atomic mass is 32.2. The third-order valence-corrected chi connectivity index (χ3v) is 1.18. The van der Waals surface area contributed by atoms with Crippen molar-refractivity contribution in [2.75, 3.05) is 23.1 Å². The topological polar surface area (TPSA) is 191 Å². The second kappa shape index (κ2) is 5.23. The summed E-state index contributed by atoms with van der Waals surface area (Å²) in [6, 6.07) is 0. The molecule has 0 bridgehead atoms. The van der Waals surface area contributed by atoms with Gasteiger partial charge in [0, 0.05) is 0 Å². The summed E-state index contributed by atoms with van der Waals surface area (Å²) in [4.78, 5) is 10.5. The van der Waals surface area contributed by atoms with Crippen molar-refractivity contribution in [3.63, 3.8) is 0 Å². The fourth-order valence-corrected chi connectivity index (χ4v) is 0.427. The van der Waals surface area contributed by atoms with Crippen molar-refractivity contribution >= 4 is 28.0 Å². The number of aliphatic hydroxyl groups is 1. The van der Waals surface area contributed by atoms with Gasteiger partial charge in [-0.3, -0.25) is 4.55 Å². The van der Waals surface area contributed by atoms with Gasteiger partial charge in [-0.15, -0.1) is 0 Å². The Morgan fingerprint density at radius 2 is 1.20 bits per heavy atom. The quantitative estimate of drug-likeness (QED) is 0.325. The van der Waals surface area contributed by atoms with E-state index in [1.165, 1.54) is 0 Å². The summed E-state index contributed by atoms with van der Waals surface area (Å²) in [5, 5.41) is 7.56. The second-order valence-corrected chi connectivity index (χ2v) is 3.54. The smallest absolute Gasteiger partial charge is 0.289 e. The number of anilines is 3. The Hall–Kier alpha value is -1.72. The Bertz CT molecular complexity index is 369. The molecule has 8 N–H and O–H groups in total. The van der Waals surface area contributed by atoms with E-state index in [4.69, 9.17) is 26.9 Å². The Morgan fingerprint density at radius 1 is 1.00 bits per heavy atom. The van der Waals surface area contributed by atoms with Gasteiger partial charge in [0.2, 0.25) is 17.8 Å². The number of hydrogen-bond donors (Lipinski definition) is 5. The zero-order valence-electron chi connectivity index (χ0n) is 7.40. The van der Waals surface area contributed by atoms with Crippen molar-refractivity contribution < 1.29 is 18.1 Å². The maximum atomic E-state index is 9.31. The Morgan fingerprint density at radius 3 is 1.33 bits per heavy atom. The lowest BCUT2D eigenvalue weighted by Crippen LogP contribution is -2.05. The van der Waals surface area contributed by atoms with Gasteiger partial charge in [-0.2, -0.15) is 23.4 Å². The van der Waals surface area contributed by atoms with Crippen LogP contribution in [0, 0.1) is 0 Å². The van der Waals surface area contributed by atoms with Crippen LogP contribution >= 0.6 is 0 Å². The molecule has 11 heteroatoms. The maximum Gasteiger partial charge on any atom is 0.289 e. The first kappa shape index (κ1) is 13.3. The van der Waals surface area contributed by atoms with Gasteiger partial charge < -0.3 is 22.3 Å². The lowest BCUT2D eigenvalue weighted by molar-refractivity contribution is 0.336. The van der Waals surface area contributed by atoms with Gasteiger partial charge >= 0.3 is 0 Å². The molecule has 0 radical (unpaired) electrons. The van der Waals surface area contributed by atoms with Crippen LogP contribution in [0.2, 0.25) is 0 Å². The zero-order valence-corrected chi connectivity index (χ0v) is 8.22. The van der Waals surface area contributed by atoms with Crippen molar-refractivity contribution in [1.82, 2.24) is 15.0 Å². The Balaban J connectivity index is 0.000000288. The SMILES string of the molecule is Nc1nc(N)nc(N)n1.O=S(=O)(O)CO. The van der Waals surface area contributed by atoms with E-state index in [0.29, 0.717) is 0 Å². The minimum absolute atomic E-state index is 0.0417. The first-order valence-corrected chi connectivity index (χ1v) is 4.94. The zero-order chi connectivity index (χ0) is 12.1. The number of nitrogens with two attached hydrogens (primary N) is 3. The second-order valence-electron chi connectivity index (χ2n) is 2.12. The van der Waals surface area contributed by atoms with Crippen LogP contribution in [0.4, 0.5) is 17.8 Å². The summed E-state index contributed by atoms with van der Waals surface area (Å²) in [6.07, 6.45) is 0. The number of nitrogens with zero attached hydrogens (tertiary/aromatic N) is 3. The lowest BCUT2D eigenvalue weighted by atomic mass is 10.9. The number of aromatic nitrogens is 3. The third-order valence-electron chi connectivity index (χ3n) is 0.850. The van der Waals surface area contributed by atoms with Gasteiger partial charge in [-0.1, -0.05) is 0 Å². The van der Waals surface area contributed by atoms with E-state index >= 15 is 0 Å². The van der Waals surface area contributed by atoms with Crippen LogP contribution < -0.4 is 17.2 Å². The van der Waals surface area contributed by atoms with Crippen molar-refractivity contribution in [3.8, 4) is 0 Å². The van der Waals surface area contributed by atoms with Crippen LogP contribution in [-0.4, -0.2) is 39.0 Å². The number of rotatable bonds is 1. The number of hydrogen-bond acceptors (Lipinski definition) is 9. The highest BCUT2D eigenvalue weighted by Gasteiger charge is 1.95. The number of nitrogen functional groups attached to an aromatic ring is 3. The summed E-state index contributed by atoms with van der Waals surface area (Å²) >= 11 is 0. The van der Waals surface area contributed by atoms with E-state index in [0.717, 1.165) is 0 Å². The average Bonchev–Trinajstić information content (AvgIpc) is 2.01. The molecule has 0 amide bonds. The highest BCUT2D eigenvalue weighted by Crippen LogP contribution is 1.97. The molecule has 0 aliphatic carbocycles. The molecule has 10 nitrogen and oxygen atoms in total. The molecule has 0 saturated heterocycles. The fourth-order valence-electron chi connectivity index (χ4n) is 0.427. The molecule has 0 aromatic carbocycles. The molecule has 15 heavy (non-hydrogen) atoms. The average molecular weight is 238 g/mol. The van der Waals surface area contributed by atoms with Crippen LogP contribution in [0.3, 0.4) is 0 Å². The van der Waals surface area contributed by atoms with Crippen molar-refractivity contribution in [2.45, 2.75) is 0 Å². The highest BCUT2D eigenvalue weighted by molar-refractivity contribution is 7.85. The predicted molar refractivity (Wildman–Crippen MR) is 51.7 cm³/mol. The normalized spacial score (nSPS) is 10.3. The molecule has 0 atom stereocenters. The molecule has 1 aromatic heterocycles. The molecule has 1 aromatic rings. The molecule has 1 heterocycles. The monoisotopic (exact) mass is 238 g/mol. The maximum absolute atomic E-state index is 9.31. The molecular formula is C4H10N6O4S. The van der Waals surface area contributed by atoms with Crippen molar-refractivity contribution in [1.29, 1.82) is 0 Å². The van der Waals surface area contributed by atoms with E-state index in [-0.39, 0.29) is 17.8 Å². The van der Waals surface area contributed by atoms with E-state index < -0.39 is 16.1 Å². The van der Waals surface area contributed by atoms with Gasteiger partial charge in [-0.05, 0) is 0 Å². The largest absolute Gasteiger partial charge is 0.378 e. The Kier molecular flexibility index (Phi) is 4.63. The van der Waals surface area contributed by atoms with Crippen molar-refractivity contribution in [2.24, 2.45) is 0 Å². The Labute approximate surface area is 84.9 Å². The lowest BCUT2D eigenvalue weighted by Gasteiger charge is -1.93. The van der Waals surface area contributed by atoms with Gasteiger partial charge in [0.15, 0.2) is 5.94 Å². The molecular weight excluding hydrogens is 228 g/mol. The summed E-state index contributed by atoms with van der Waals surface area (Å²) in [7, 11) is -4.11. The molecule has 0 unspecified atom stereocenters. The van der Waals surface area contributed by atoms with Crippen LogP contribution in [-0.2, 0) is 10.1 Å². The minimum Gasteiger partial charge on any atom is -0.378 e. The van der Waals surface area contributed by atoms with Crippen LogP contribution in [0.1, 0.15) is 0 Å². The van der Waals surface area contributed by atoms with Crippen LogP contribution in [0.15, 0.2) is 0 Å². The molecule has 0 saturated carbocycles. The van der Waals surface area contributed by atoms with E-state index in [1.807, 2.05) is 0 Å². The van der Waals surface area contributed by atoms with E-state index in [1.54, 1.807) is 0 Å². The van der Waals surface area contributed by atoms with Gasteiger partial charge in [0.25, 0.3) is 10.1 Å². The first-order valence-electron chi connectivity index (χ1n) is 3.33. The van der Waals surface area contributed by atoms with Gasteiger partial charge in [-0.25, -0.2) is 0 Å². The first-order chi connectivity index (χ1) is 6.74. The minimum atomic E-state index is -4.11. The van der Waals surface area contributed by atoms with Crippen LogP contribution in [0.5, 0.6) is 0 Å². The molecule has 1 rings (SSSR count). The molecule has 0 aliphatic heterocycles. The molecule has 86 valence electrons. The summed E-state index contributed by atoms with van der Waals surface area (Å²) in [5.74, 6) is -1.08. The summed E-state index contributed by atoms with van der Waals surface area (Å²) < 4.78 is 26.2. The molecule has 0 aliphatic rings. The summed E-state index contributed by atoms with van der Waals surface area (Å²) in [5.41, 5.74) is 15.4. The van der Waals surface area contributed by atoms with E-state index in [2.05, 4.69) is 15.0 Å². The van der Waals surface area contributed by atoms with Gasteiger partial charge in [0.1, 0.15) is 0 Å². The molecule has 0 fully saturated rings. The van der Waals surface area contributed by atoms with Gasteiger partial charge in [0.05, 0.1) is 0 Å². The van der Waals surface area contributed by atoms with E-state index in [9.17, 15) is 8.42 Å². The third kappa shape index (κ3) is 7.36.